The van der Waals surface area contributed by atoms with E-state index in [4.69, 9.17) is 0 Å². The monoisotopic (exact) mass is 237 g/mol. The minimum Gasteiger partial charge on any atom is -0.372 e. The number of nitrogens with one attached hydrogen (secondary N) is 1. The van der Waals surface area contributed by atoms with Gasteiger partial charge in [0, 0.05) is 17.6 Å². The SMILES string of the molecule is c1nnsc1NC1CCC2CCCCC2C1. The Morgan fingerprint density at radius 2 is 2.00 bits per heavy atom. The largest absolute Gasteiger partial charge is 0.372 e. The first-order valence-electron chi connectivity index (χ1n) is 6.46. The van der Waals surface area contributed by atoms with Crippen molar-refractivity contribution in [1.29, 1.82) is 0 Å². The molecule has 88 valence electrons. The quantitative estimate of drug-likeness (QED) is 0.857. The molecule has 3 atom stereocenters. The fourth-order valence-electron chi connectivity index (χ4n) is 3.44. The van der Waals surface area contributed by atoms with Crippen molar-refractivity contribution < 1.29 is 0 Å². The van der Waals surface area contributed by atoms with Crippen molar-refractivity contribution in [3.05, 3.63) is 6.20 Å². The van der Waals surface area contributed by atoms with Gasteiger partial charge >= 0.3 is 0 Å². The third kappa shape index (κ3) is 2.21. The van der Waals surface area contributed by atoms with Gasteiger partial charge in [0.05, 0.1) is 6.20 Å². The van der Waals surface area contributed by atoms with Gasteiger partial charge in [0.1, 0.15) is 5.00 Å². The Bertz CT molecular complexity index is 325. The highest BCUT2D eigenvalue weighted by Gasteiger charge is 2.32. The molecule has 0 aliphatic heterocycles. The molecule has 2 fully saturated rings. The van der Waals surface area contributed by atoms with Crippen LogP contribution in [-0.4, -0.2) is 15.6 Å². The Hall–Kier alpha value is -0.640. The van der Waals surface area contributed by atoms with Crippen LogP contribution in [0.4, 0.5) is 5.00 Å². The maximum absolute atomic E-state index is 3.90. The zero-order valence-electron chi connectivity index (χ0n) is 9.56. The van der Waals surface area contributed by atoms with Gasteiger partial charge in [-0.05, 0) is 31.1 Å². The zero-order chi connectivity index (χ0) is 10.8. The highest BCUT2D eigenvalue weighted by Crippen LogP contribution is 2.41. The lowest BCUT2D eigenvalue weighted by Crippen LogP contribution is -2.34. The van der Waals surface area contributed by atoms with Crippen molar-refractivity contribution in [2.24, 2.45) is 11.8 Å². The van der Waals surface area contributed by atoms with E-state index in [1.165, 1.54) is 56.5 Å². The summed E-state index contributed by atoms with van der Waals surface area (Å²) in [5.41, 5.74) is 0. The van der Waals surface area contributed by atoms with E-state index in [2.05, 4.69) is 14.9 Å². The molecular formula is C12H19N3S. The minimum absolute atomic E-state index is 0.668. The lowest BCUT2D eigenvalue weighted by molar-refractivity contribution is 0.162. The highest BCUT2D eigenvalue weighted by molar-refractivity contribution is 7.09. The van der Waals surface area contributed by atoms with Gasteiger partial charge in [-0.15, -0.1) is 5.10 Å². The first kappa shape index (κ1) is 10.5. The van der Waals surface area contributed by atoms with Crippen molar-refractivity contribution in [3.8, 4) is 0 Å². The topological polar surface area (TPSA) is 37.8 Å². The lowest BCUT2D eigenvalue weighted by atomic mass is 9.69. The summed E-state index contributed by atoms with van der Waals surface area (Å²) in [7, 11) is 0. The summed E-state index contributed by atoms with van der Waals surface area (Å²) in [5.74, 6) is 2.02. The van der Waals surface area contributed by atoms with Gasteiger partial charge in [-0.25, -0.2) is 0 Å². The van der Waals surface area contributed by atoms with Gasteiger partial charge in [-0.3, -0.25) is 0 Å². The normalized spacial score (nSPS) is 34.4. The molecule has 0 amide bonds. The molecular weight excluding hydrogens is 218 g/mol. The molecule has 2 aliphatic rings. The molecule has 16 heavy (non-hydrogen) atoms. The number of nitrogens with zero attached hydrogens (tertiary/aromatic N) is 2. The second kappa shape index (κ2) is 4.70. The standard InChI is InChI=1S/C12H19N3S/c1-2-4-10-7-11(6-5-9(10)3-1)14-12-8-13-15-16-12/h8-11,14H,1-7H2. The molecule has 2 aliphatic carbocycles. The number of hydrogen-bond donors (Lipinski definition) is 1. The summed E-state index contributed by atoms with van der Waals surface area (Å²) in [6.07, 6.45) is 11.8. The van der Waals surface area contributed by atoms with Crippen molar-refractivity contribution in [3.63, 3.8) is 0 Å². The minimum atomic E-state index is 0.668. The maximum atomic E-state index is 3.90. The van der Waals surface area contributed by atoms with Crippen LogP contribution in [-0.2, 0) is 0 Å². The van der Waals surface area contributed by atoms with Crippen LogP contribution in [0.2, 0.25) is 0 Å². The van der Waals surface area contributed by atoms with Gasteiger partial charge in [0.25, 0.3) is 0 Å². The maximum Gasteiger partial charge on any atom is 0.130 e. The smallest absolute Gasteiger partial charge is 0.130 e. The number of anilines is 1. The first-order chi connectivity index (χ1) is 7.92. The molecule has 0 radical (unpaired) electrons. The molecule has 0 saturated heterocycles. The van der Waals surface area contributed by atoms with Crippen molar-refractivity contribution in [1.82, 2.24) is 9.59 Å². The molecule has 0 spiro atoms. The summed E-state index contributed by atoms with van der Waals surface area (Å²) >= 11 is 1.47. The third-order valence-corrected chi connectivity index (χ3v) is 4.84. The summed E-state index contributed by atoms with van der Waals surface area (Å²) in [6, 6.07) is 0.668. The van der Waals surface area contributed by atoms with E-state index in [1.54, 1.807) is 0 Å². The molecule has 3 rings (SSSR count). The second-order valence-electron chi connectivity index (χ2n) is 5.24. The third-order valence-electron chi connectivity index (χ3n) is 4.25. The number of fused-ring (bicyclic) bond motifs is 1. The molecule has 3 nitrogen and oxygen atoms in total. The lowest BCUT2D eigenvalue weighted by Gasteiger charge is -2.39. The van der Waals surface area contributed by atoms with Gasteiger partial charge in [0.15, 0.2) is 0 Å². The van der Waals surface area contributed by atoms with E-state index < -0.39 is 0 Å². The number of rotatable bonds is 2. The van der Waals surface area contributed by atoms with Crippen LogP contribution in [0, 0.1) is 11.8 Å². The summed E-state index contributed by atoms with van der Waals surface area (Å²) in [5, 5.41) is 8.60. The van der Waals surface area contributed by atoms with E-state index in [-0.39, 0.29) is 0 Å². The van der Waals surface area contributed by atoms with Crippen molar-refractivity contribution >= 4 is 16.5 Å². The van der Waals surface area contributed by atoms with Gasteiger partial charge in [-0.2, -0.15) is 0 Å². The molecule has 1 N–H and O–H groups in total. The molecule has 1 heterocycles. The van der Waals surface area contributed by atoms with Crippen LogP contribution >= 0.6 is 11.5 Å². The predicted octanol–water partition coefficient (Wildman–Crippen LogP) is 3.31. The van der Waals surface area contributed by atoms with Gasteiger partial charge < -0.3 is 5.32 Å². The molecule has 0 bridgehead atoms. The molecule has 4 heteroatoms. The molecule has 1 aromatic heterocycles. The summed E-state index contributed by atoms with van der Waals surface area (Å²) in [4.78, 5) is 0. The van der Waals surface area contributed by atoms with E-state index >= 15 is 0 Å². The Kier molecular flexibility index (Phi) is 3.09. The number of hydrogen-bond acceptors (Lipinski definition) is 4. The Balaban J connectivity index is 1.58. The highest BCUT2D eigenvalue weighted by atomic mass is 32.1. The van der Waals surface area contributed by atoms with Crippen LogP contribution in [0.5, 0.6) is 0 Å². The van der Waals surface area contributed by atoms with E-state index in [9.17, 15) is 0 Å². The predicted molar refractivity (Wildman–Crippen MR) is 66.6 cm³/mol. The van der Waals surface area contributed by atoms with Gasteiger partial charge in [0.2, 0.25) is 0 Å². The Morgan fingerprint density at radius 3 is 2.81 bits per heavy atom. The Morgan fingerprint density at radius 1 is 1.12 bits per heavy atom. The van der Waals surface area contributed by atoms with E-state index in [0.29, 0.717) is 6.04 Å². The van der Waals surface area contributed by atoms with Crippen LogP contribution in [0.1, 0.15) is 44.9 Å². The van der Waals surface area contributed by atoms with Crippen LogP contribution in [0.25, 0.3) is 0 Å². The average Bonchev–Trinajstić information content (AvgIpc) is 2.82. The van der Waals surface area contributed by atoms with E-state index in [0.717, 1.165) is 16.8 Å². The second-order valence-corrected chi connectivity index (χ2v) is 6.03. The van der Waals surface area contributed by atoms with Crippen molar-refractivity contribution in [2.75, 3.05) is 5.32 Å². The summed E-state index contributed by atoms with van der Waals surface area (Å²) < 4.78 is 3.90. The molecule has 1 aromatic rings. The number of aromatic nitrogens is 2. The van der Waals surface area contributed by atoms with Crippen LogP contribution in [0.3, 0.4) is 0 Å². The van der Waals surface area contributed by atoms with Gasteiger partial charge in [-0.1, -0.05) is 30.2 Å². The molecule has 3 unspecified atom stereocenters. The fraction of sp³-hybridized carbons (Fsp3) is 0.833. The summed E-state index contributed by atoms with van der Waals surface area (Å²) in [6.45, 7) is 0. The average molecular weight is 237 g/mol. The first-order valence-corrected chi connectivity index (χ1v) is 7.23. The zero-order valence-corrected chi connectivity index (χ0v) is 10.4. The fourth-order valence-corrected chi connectivity index (χ4v) is 3.93. The Labute approximate surface area is 101 Å². The van der Waals surface area contributed by atoms with Crippen molar-refractivity contribution in [2.45, 2.75) is 51.0 Å². The van der Waals surface area contributed by atoms with E-state index in [1.807, 2.05) is 6.20 Å². The van der Waals surface area contributed by atoms with Crippen LogP contribution < -0.4 is 5.32 Å². The molecule has 0 aromatic carbocycles. The molecule has 2 saturated carbocycles. The van der Waals surface area contributed by atoms with Crippen LogP contribution in [0.15, 0.2) is 6.20 Å².